The Morgan fingerprint density at radius 1 is 0.833 bits per heavy atom. The number of hydrogen-bond donors (Lipinski definition) is 2. The van der Waals surface area contributed by atoms with E-state index in [9.17, 15) is 23.1 Å². The molecule has 1 atom stereocenters. The average Bonchev–Trinajstić information content (AvgIpc) is 2.86. The number of hydrogen-bond acceptors (Lipinski definition) is 4. The number of benzene rings is 3. The van der Waals surface area contributed by atoms with Gasteiger partial charge in [-0.05, 0) is 53.1 Å². The van der Waals surface area contributed by atoms with Gasteiger partial charge in [0.05, 0.1) is 4.90 Å². The maximum absolute atomic E-state index is 12.7. The largest absolute Gasteiger partial charge is 0.480 e. The molecule has 6 nitrogen and oxygen atoms in total. The molecule has 0 saturated heterocycles. The Morgan fingerprint density at radius 3 is 1.86 bits per heavy atom. The van der Waals surface area contributed by atoms with Crippen molar-refractivity contribution in [1.29, 1.82) is 0 Å². The van der Waals surface area contributed by atoms with Gasteiger partial charge in [-0.3, -0.25) is 9.59 Å². The molecule has 3 aromatic rings. The Morgan fingerprint density at radius 2 is 1.36 bits per heavy atom. The van der Waals surface area contributed by atoms with E-state index in [4.69, 9.17) is 0 Å². The number of sulfonamides is 1. The van der Waals surface area contributed by atoms with Crippen LogP contribution >= 0.6 is 0 Å². The number of carboxylic acids is 1. The molecule has 0 radical (unpaired) electrons. The fraction of sp³-hybridized carbons (Fsp3) is 0.310. The van der Waals surface area contributed by atoms with Crippen molar-refractivity contribution in [2.45, 2.75) is 57.4 Å². The monoisotopic (exact) mass is 507 g/mol. The molecule has 190 valence electrons. The molecule has 0 amide bonds. The van der Waals surface area contributed by atoms with Crippen LogP contribution in [0.5, 0.6) is 0 Å². The van der Waals surface area contributed by atoms with Crippen LogP contribution in [0.25, 0.3) is 11.1 Å². The first-order valence-electron chi connectivity index (χ1n) is 12.2. The summed E-state index contributed by atoms with van der Waals surface area (Å²) < 4.78 is 27.5. The molecule has 0 heterocycles. The summed E-state index contributed by atoms with van der Waals surface area (Å²) in [6.07, 6.45) is 3.61. The van der Waals surface area contributed by atoms with Gasteiger partial charge < -0.3 is 5.11 Å². The maximum Gasteiger partial charge on any atom is 0.322 e. The molecule has 0 aliphatic carbocycles. The third-order valence-corrected chi connectivity index (χ3v) is 7.58. The van der Waals surface area contributed by atoms with Crippen LogP contribution in [0.3, 0.4) is 0 Å². The third kappa shape index (κ3) is 7.12. The van der Waals surface area contributed by atoms with Crippen LogP contribution in [0.4, 0.5) is 0 Å². The first-order chi connectivity index (χ1) is 17.1. The van der Waals surface area contributed by atoms with Gasteiger partial charge in [0.2, 0.25) is 10.0 Å². The Balaban J connectivity index is 1.66. The van der Waals surface area contributed by atoms with Gasteiger partial charge in [-0.15, -0.1) is 0 Å². The SMILES string of the molecule is CCCCc1ccc(C(=O)Cc2ccc(-c3ccc(S(=O)(=O)N[C@H](C(=O)O)C(C)C)cc3)cc2)cc1. The van der Waals surface area contributed by atoms with Crippen LogP contribution in [-0.2, 0) is 27.7 Å². The van der Waals surface area contributed by atoms with E-state index in [1.54, 1.807) is 26.0 Å². The third-order valence-electron chi connectivity index (χ3n) is 6.13. The summed E-state index contributed by atoms with van der Waals surface area (Å²) in [7, 11) is -3.97. The van der Waals surface area contributed by atoms with E-state index < -0.39 is 28.0 Å². The van der Waals surface area contributed by atoms with Crippen LogP contribution in [-0.4, -0.2) is 31.3 Å². The van der Waals surface area contributed by atoms with Gasteiger partial charge in [0, 0.05) is 12.0 Å². The molecule has 0 aromatic heterocycles. The molecule has 3 aromatic carbocycles. The number of unbranched alkanes of at least 4 members (excludes halogenated alkanes) is 1. The van der Waals surface area contributed by atoms with E-state index in [1.165, 1.54) is 17.7 Å². The van der Waals surface area contributed by atoms with E-state index in [1.807, 2.05) is 48.5 Å². The van der Waals surface area contributed by atoms with Crippen molar-refractivity contribution < 1.29 is 23.1 Å². The lowest BCUT2D eigenvalue weighted by Crippen LogP contribution is -2.44. The average molecular weight is 508 g/mol. The highest BCUT2D eigenvalue weighted by atomic mass is 32.2. The lowest BCUT2D eigenvalue weighted by atomic mass is 9.98. The molecule has 0 aliphatic heterocycles. The van der Waals surface area contributed by atoms with E-state index in [2.05, 4.69) is 11.6 Å². The number of carbonyl (C=O) groups is 2. The zero-order valence-electron chi connectivity index (χ0n) is 20.9. The molecule has 0 unspecified atom stereocenters. The zero-order chi connectivity index (χ0) is 26.3. The second-order valence-electron chi connectivity index (χ2n) is 9.30. The topological polar surface area (TPSA) is 101 Å². The molecule has 2 N–H and O–H groups in total. The minimum absolute atomic E-state index is 0.001000. The first kappa shape index (κ1) is 27.3. The summed E-state index contributed by atoms with van der Waals surface area (Å²) in [4.78, 5) is 24.1. The van der Waals surface area contributed by atoms with Gasteiger partial charge in [-0.1, -0.05) is 87.9 Å². The molecular formula is C29H33NO5S. The molecular weight excluding hydrogens is 474 g/mol. The van der Waals surface area contributed by atoms with E-state index in [0.29, 0.717) is 12.0 Å². The van der Waals surface area contributed by atoms with Gasteiger partial charge in [0.25, 0.3) is 0 Å². The molecule has 0 bridgehead atoms. The Bertz CT molecular complexity index is 1280. The van der Waals surface area contributed by atoms with E-state index in [0.717, 1.165) is 36.0 Å². The predicted octanol–water partition coefficient (Wildman–Crippen LogP) is 5.51. The second kappa shape index (κ2) is 12.1. The highest BCUT2D eigenvalue weighted by Crippen LogP contribution is 2.23. The van der Waals surface area contributed by atoms with Crippen LogP contribution in [0.1, 0.15) is 55.1 Å². The maximum atomic E-state index is 12.7. The smallest absolute Gasteiger partial charge is 0.322 e. The number of aliphatic carboxylic acids is 1. The number of carboxylic acid groups (broad SMARTS) is 1. The van der Waals surface area contributed by atoms with Crippen LogP contribution in [0, 0.1) is 5.92 Å². The van der Waals surface area contributed by atoms with Gasteiger partial charge >= 0.3 is 5.97 Å². The van der Waals surface area contributed by atoms with Crippen LogP contribution in [0.15, 0.2) is 77.7 Å². The molecule has 3 rings (SSSR count). The molecule has 0 aliphatic rings. The van der Waals surface area contributed by atoms with Crippen molar-refractivity contribution in [3.8, 4) is 11.1 Å². The lowest BCUT2D eigenvalue weighted by molar-refractivity contribution is -0.140. The molecule has 7 heteroatoms. The standard InChI is InChI=1S/C29H33NO5S/c1-4-5-6-21-7-13-25(14-8-21)27(31)19-22-9-11-23(12-10-22)24-15-17-26(18-16-24)36(34,35)30-28(20(2)3)29(32)33/h7-18,20,28,30H,4-6,19H2,1-3H3,(H,32,33)/t28-/m0/s1. The van der Waals surface area contributed by atoms with Crippen LogP contribution in [0.2, 0.25) is 0 Å². The second-order valence-corrected chi connectivity index (χ2v) is 11.0. The summed E-state index contributed by atoms with van der Waals surface area (Å²) in [5.41, 5.74) is 4.54. The minimum Gasteiger partial charge on any atom is -0.480 e. The summed E-state index contributed by atoms with van der Waals surface area (Å²) in [6, 6.07) is 20.5. The van der Waals surface area contributed by atoms with Crippen molar-refractivity contribution in [2.75, 3.05) is 0 Å². The minimum atomic E-state index is -3.97. The number of rotatable bonds is 12. The Hall–Kier alpha value is -3.29. The fourth-order valence-electron chi connectivity index (χ4n) is 3.87. The number of nitrogens with one attached hydrogen (secondary N) is 1. The van der Waals surface area contributed by atoms with Crippen molar-refractivity contribution in [3.05, 3.63) is 89.5 Å². The fourth-order valence-corrected chi connectivity index (χ4v) is 5.21. The number of ketones is 1. The molecule has 36 heavy (non-hydrogen) atoms. The summed E-state index contributed by atoms with van der Waals surface area (Å²) in [6.45, 7) is 5.45. The van der Waals surface area contributed by atoms with E-state index in [-0.39, 0.29) is 10.7 Å². The van der Waals surface area contributed by atoms with Crippen molar-refractivity contribution in [1.82, 2.24) is 4.72 Å². The van der Waals surface area contributed by atoms with Gasteiger partial charge in [0.1, 0.15) is 6.04 Å². The summed E-state index contributed by atoms with van der Waals surface area (Å²) in [5.74, 6) is -1.55. The number of aryl methyl sites for hydroxylation is 1. The highest BCUT2D eigenvalue weighted by Gasteiger charge is 2.28. The molecule has 0 saturated carbocycles. The van der Waals surface area contributed by atoms with Crippen LogP contribution < -0.4 is 4.72 Å². The van der Waals surface area contributed by atoms with Gasteiger partial charge in [-0.25, -0.2) is 8.42 Å². The molecule has 0 spiro atoms. The quantitative estimate of drug-likeness (QED) is 0.315. The predicted molar refractivity (Wildman–Crippen MR) is 142 cm³/mol. The van der Waals surface area contributed by atoms with Crippen molar-refractivity contribution in [2.24, 2.45) is 5.92 Å². The first-order valence-corrected chi connectivity index (χ1v) is 13.7. The van der Waals surface area contributed by atoms with Gasteiger partial charge in [-0.2, -0.15) is 4.72 Å². The zero-order valence-corrected chi connectivity index (χ0v) is 21.7. The van der Waals surface area contributed by atoms with Gasteiger partial charge in [0.15, 0.2) is 5.78 Å². The van der Waals surface area contributed by atoms with Crippen molar-refractivity contribution in [3.63, 3.8) is 0 Å². The normalized spacial score (nSPS) is 12.4. The summed E-state index contributed by atoms with van der Waals surface area (Å²) in [5, 5.41) is 9.28. The van der Waals surface area contributed by atoms with E-state index >= 15 is 0 Å². The number of carbonyl (C=O) groups excluding carboxylic acids is 1. The van der Waals surface area contributed by atoms with Crippen molar-refractivity contribution >= 4 is 21.8 Å². The Labute approximate surface area is 213 Å². The highest BCUT2D eigenvalue weighted by molar-refractivity contribution is 7.89. The number of Topliss-reactive ketones (excluding diaryl/α,β-unsaturated/α-hetero) is 1. The molecule has 0 fully saturated rings. The summed E-state index contributed by atoms with van der Waals surface area (Å²) >= 11 is 0. The lowest BCUT2D eigenvalue weighted by Gasteiger charge is -2.18. The Kier molecular flexibility index (Phi) is 9.18.